The van der Waals surface area contributed by atoms with Gasteiger partial charge in [-0.2, -0.15) is 0 Å². The van der Waals surface area contributed by atoms with Gasteiger partial charge in [0.1, 0.15) is 0 Å². The molecule has 1 aliphatic carbocycles. The van der Waals surface area contributed by atoms with Gasteiger partial charge in [-0.15, -0.1) is 11.3 Å². The lowest BCUT2D eigenvalue weighted by Crippen LogP contribution is -2.25. The second-order valence-corrected chi connectivity index (χ2v) is 5.91. The number of aliphatic hydroxyl groups is 1. The number of ether oxygens (including phenoxy) is 1. The minimum Gasteiger partial charge on any atom is -0.501 e. The summed E-state index contributed by atoms with van der Waals surface area (Å²) in [6.45, 7) is 0.796. The van der Waals surface area contributed by atoms with Crippen molar-refractivity contribution in [2.45, 2.75) is 44.1 Å². The Morgan fingerprint density at radius 3 is 3.12 bits per heavy atom. The van der Waals surface area contributed by atoms with Crippen molar-refractivity contribution in [3.8, 4) is 0 Å². The van der Waals surface area contributed by atoms with Gasteiger partial charge < -0.3 is 9.84 Å². The van der Waals surface area contributed by atoms with E-state index in [2.05, 4.69) is 11.4 Å². The first kappa shape index (κ1) is 11.3. The molecule has 0 fully saturated rings. The topological polar surface area (TPSA) is 29.5 Å². The number of fused-ring (bicyclic) bond motifs is 1. The first-order chi connectivity index (χ1) is 8.36. The van der Waals surface area contributed by atoms with Crippen molar-refractivity contribution in [3.05, 3.63) is 33.7 Å². The molecule has 2 unspecified atom stereocenters. The van der Waals surface area contributed by atoms with Gasteiger partial charge in [0, 0.05) is 10.8 Å². The Morgan fingerprint density at radius 2 is 2.29 bits per heavy atom. The molecule has 1 aromatic heterocycles. The van der Waals surface area contributed by atoms with Crippen LogP contribution in [0.3, 0.4) is 0 Å². The fourth-order valence-electron chi connectivity index (χ4n) is 2.91. The Morgan fingerprint density at radius 1 is 1.35 bits per heavy atom. The van der Waals surface area contributed by atoms with Gasteiger partial charge in [0.15, 0.2) is 0 Å². The molecule has 2 atom stereocenters. The highest BCUT2D eigenvalue weighted by Gasteiger charge is 2.30. The molecule has 2 nitrogen and oxygen atoms in total. The molecule has 1 aromatic rings. The summed E-state index contributed by atoms with van der Waals surface area (Å²) in [5.41, 5.74) is 2.46. The average Bonchev–Trinajstić information content (AvgIpc) is 2.87. The van der Waals surface area contributed by atoms with Crippen molar-refractivity contribution >= 4 is 11.3 Å². The molecule has 3 heteroatoms. The van der Waals surface area contributed by atoms with Gasteiger partial charge in [-0.1, -0.05) is 0 Å². The van der Waals surface area contributed by atoms with Crippen LogP contribution in [-0.4, -0.2) is 17.8 Å². The molecule has 0 spiro atoms. The average molecular weight is 250 g/mol. The van der Waals surface area contributed by atoms with Crippen LogP contribution in [0.25, 0.3) is 0 Å². The SMILES string of the molecule is OC(C1=COCCC1)C1CCCc2sccc21. The maximum atomic E-state index is 10.5. The fraction of sp³-hybridized carbons (Fsp3) is 0.571. The first-order valence-electron chi connectivity index (χ1n) is 6.41. The summed E-state index contributed by atoms with van der Waals surface area (Å²) in [5, 5.41) is 12.7. The van der Waals surface area contributed by atoms with E-state index in [0.717, 1.165) is 31.4 Å². The number of rotatable bonds is 2. The summed E-state index contributed by atoms with van der Waals surface area (Å²) in [7, 11) is 0. The molecule has 0 bridgehead atoms. The first-order valence-corrected chi connectivity index (χ1v) is 7.29. The van der Waals surface area contributed by atoms with E-state index < -0.39 is 0 Å². The van der Waals surface area contributed by atoms with Gasteiger partial charge in [-0.05, 0) is 54.7 Å². The Hall–Kier alpha value is -0.800. The second-order valence-electron chi connectivity index (χ2n) is 4.91. The Balaban J connectivity index is 1.83. The molecule has 1 N–H and O–H groups in total. The van der Waals surface area contributed by atoms with Gasteiger partial charge in [0.2, 0.25) is 0 Å². The highest BCUT2D eigenvalue weighted by atomic mass is 32.1. The summed E-state index contributed by atoms with van der Waals surface area (Å²) in [6, 6.07) is 2.19. The summed E-state index contributed by atoms with van der Waals surface area (Å²) in [5.74, 6) is 0.290. The lowest BCUT2D eigenvalue weighted by molar-refractivity contribution is 0.141. The van der Waals surface area contributed by atoms with Crippen LogP contribution >= 0.6 is 11.3 Å². The predicted octanol–water partition coefficient (Wildman–Crippen LogP) is 3.22. The van der Waals surface area contributed by atoms with Crippen molar-refractivity contribution in [2.24, 2.45) is 0 Å². The number of hydrogen-bond acceptors (Lipinski definition) is 3. The van der Waals surface area contributed by atoms with Crippen molar-refractivity contribution in [1.82, 2.24) is 0 Å². The zero-order chi connectivity index (χ0) is 11.7. The molecule has 0 amide bonds. The van der Waals surface area contributed by atoms with Crippen LogP contribution in [0.1, 0.15) is 42.0 Å². The van der Waals surface area contributed by atoms with Crippen molar-refractivity contribution in [3.63, 3.8) is 0 Å². The maximum absolute atomic E-state index is 10.5. The molecule has 3 rings (SSSR count). The van der Waals surface area contributed by atoms with E-state index in [0.29, 0.717) is 0 Å². The molecule has 0 saturated heterocycles. The Kier molecular flexibility index (Phi) is 3.21. The van der Waals surface area contributed by atoms with Gasteiger partial charge in [-0.3, -0.25) is 0 Å². The monoisotopic (exact) mass is 250 g/mol. The molecule has 1 aliphatic heterocycles. The van der Waals surface area contributed by atoms with Crippen LogP contribution in [-0.2, 0) is 11.2 Å². The van der Waals surface area contributed by atoms with E-state index in [-0.39, 0.29) is 12.0 Å². The van der Waals surface area contributed by atoms with Crippen molar-refractivity contribution < 1.29 is 9.84 Å². The predicted molar refractivity (Wildman–Crippen MR) is 69.3 cm³/mol. The number of thiophene rings is 1. The number of hydrogen-bond donors (Lipinski definition) is 1. The smallest absolute Gasteiger partial charge is 0.0876 e. The third-order valence-corrected chi connectivity index (χ3v) is 4.82. The standard InChI is InChI=1S/C14H18O2S/c15-14(10-3-2-7-16-9-10)12-4-1-5-13-11(12)6-8-17-13/h6,8-9,12,14-15H,1-5,7H2. The van der Waals surface area contributed by atoms with Crippen LogP contribution in [0, 0.1) is 0 Å². The third-order valence-electron chi connectivity index (χ3n) is 3.82. The molecular weight excluding hydrogens is 232 g/mol. The minimum absolute atomic E-state index is 0.290. The minimum atomic E-state index is -0.344. The van der Waals surface area contributed by atoms with Crippen LogP contribution < -0.4 is 0 Å². The Bertz CT molecular complexity index is 422. The van der Waals surface area contributed by atoms with E-state index in [1.807, 2.05) is 11.3 Å². The summed E-state index contributed by atoms with van der Waals surface area (Å²) in [4.78, 5) is 1.47. The van der Waals surface area contributed by atoms with E-state index >= 15 is 0 Å². The van der Waals surface area contributed by atoms with E-state index in [1.165, 1.54) is 23.3 Å². The number of aryl methyl sites for hydroxylation is 1. The fourth-order valence-corrected chi connectivity index (χ4v) is 3.91. The normalized spacial score (nSPS) is 25.7. The Labute approximate surface area is 106 Å². The van der Waals surface area contributed by atoms with Crippen LogP contribution in [0.15, 0.2) is 23.3 Å². The molecule has 0 saturated carbocycles. The third kappa shape index (κ3) is 2.14. The van der Waals surface area contributed by atoms with Gasteiger partial charge >= 0.3 is 0 Å². The highest BCUT2D eigenvalue weighted by Crippen LogP contribution is 2.39. The van der Waals surface area contributed by atoms with Crippen LogP contribution in [0.5, 0.6) is 0 Å². The zero-order valence-corrected chi connectivity index (χ0v) is 10.7. The highest BCUT2D eigenvalue weighted by molar-refractivity contribution is 7.10. The lowest BCUT2D eigenvalue weighted by atomic mass is 9.80. The maximum Gasteiger partial charge on any atom is 0.0876 e. The molecule has 2 heterocycles. The molecule has 0 radical (unpaired) electrons. The molecule has 17 heavy (non-hydrogen) atoms. The largest absolute Gasteiger partial charge is 0.501 e. The summed E-state index contributed by atoms with van der Waals surface area (Å²) < 4.78 is 5.34. The van der Waals surface area contributed by atoms with Crippen LogP contribution in [0.4, 0.5) is 0 Å². The van der Waals surface area contributed by atoms with E-state index in [9.17, 15) is 5.11 Å². The second kappa shape index (κ2) is 4.83. The molecule has 2 aliphatic rings. The van der Waals surface area contributed by atoms with E-state index in [1.54, 1.807) is 6.26 Å². The quantitative estimate of drug-likeness (QED) is 0.873. The summed E-state index contributed by atoms with van der Waals surface area (Å²) >= 11 is 1.83. The van der Waals surface area contributed by atoms with Gasteiger partial charge in [-0.25, -0.2) is 0 Å². The zero-order valence-electron chi connectivity index (χ0n) is 9.89. The number of aliphatic hydroxyl groups excluding tert-OH is 1. The van der Waals surface area contributed by atoms with E-state index in [4.69, 9.17) is 4.74 Å². The van der Waals surface area contributed by atoms with Crippen LogP contribution in [0.2, 0.25) is 0 Å². The summed E-state index contributed by atoms with van der Waals surface area (Å²) in [6.07, 6.45) is 6.94. The van der Waals surface area contributed by atoms with Crippen molar-refractivity contribution in [2.75, 3.05) is 6.61 Å². The van der Waals surface area contributed by atoms with Gasteiger partial charge in [0.05, 0.1) is 19.0 Å². The molecule has 0 aromatic carbocycles. The molecule has 92 valence electrons. The van der Waals surface area contributed by atoms with Crippen molar-refractivity contribution in [1.29, 1.82) is 0 Å². The molecular formula is C14H18O2S. The lowest BCUT2D eigenvalue weighted by Gasteiger charge is -2.30. The van der Waals surface area contributed by atoms with Gasteiger partial charge in [0.25, 0.3) is 0 Å².